The van der Waals surface area contributed by atoms with E-state index in [2.05, 4.69) is 16.3 Å². The number of rotatable bonds is 3. The lowest BCUT2D eigenvalue weighted by Gasteiger charge is -2.43. The van der Waals surface area contributed by atoms with Crippen LogP contribution in [0.3, 0.4) is 0 Å². The number of nitrogens with zero attached hydrogens (tertiary/aromatic N) is 2. The number of ether oxygens (including phenoxy) is 1. The number of aromatic nitrogens is 1. The monoisotopic (exact) mass is 397 g/mol. The summed E-state index contributed by atoms with van der Waals surface area (Å²) in [6.45, 7) is 2.42. The van der Waals surface area contributed by atoms with E-state index in [9.17, 15) is 9.59 Å². The topological polar surface area (TPSA) is 63.6 Å². The van der Waals surface area contributed by atoms with Gasteiger partial charge in [0.15, 0.2) is 5.11 Å². The van der Waals surface area contributed by atoms with Crippen molar-refractivity contribution in [3.8, 4) is 0 Å². The molecule has 1 aromatic heterocycles. The summed E-state index contributed by atoms with van der Waals surface area (Å²) < 4.78 is 6.62. The van der Waals surface area contributed by atoms with Crippen LogP contribution in [0.25, 0.3) is 0 Å². The molecule has 1 fully saturated rings. The van der Waals surface area contributed by atoms with E-state index in [1.165, 1.54) is 7.11 Å². The molecule has 4 rings (SSSR count). The molecule has 2 bridgehead atoms. The maximum absolute atomic E-state index is 12.1. The second kappa shape index (κ2) is 7.75. The number of fused-ring (bicyclic) bond motifs is 4. The Morgan fingerprint density at radius 1 is 1.18 bits per heavy atom. The number of hydrogen-bond acceptors (Lipinski definition) is 4. The van der Waals surface area contributed by atoms with Gasteiger partial charge < -0.3 is 19.5 Å². The molecule has 7 heteroatoms. The summed E-state index contributed by atoms with van der Waals surface area (Å²) >= 11 is 5.65. The van der Waals surface area contributed by atoms with Crippen molar-refractivity contribution in [2.45, 2.75) is 25.3 Å². The fraction of sp³-hybridized carbons (Fsp3) is 0.381. The molecule has 1 N–H and O–H groups in total. The SMILES string of the molecule is COC(=O)Cc1ccc(NC(=S)N2C[C@@H]3C[C@H](C2)c2cccc(=O)n2C3)cc1. The van der Waals surface area contributed by atoms with E-state index in [0.717, 1.165) is 43.0 Å². The minimum Gasteiger partial charge on any atom is -0.469 e. The Kier molecular flexibility index (Phi) is 5.17. The molecule has 0 amide bonds. The van der Waals surface area contributed by atoms with Crippen LogP contribution in [-0.4, -0.2) is 40.7 Å². The lowest BCUT2D eigenvalue weighted by Crippen LogP contribution is -2.50. The number of pyridine rings is 1. The number of piperidine rings is 1. The van der Waals surface area contributed by atoms with Crippen LogP contribution in [0.4, 0.5) is 5.69 Å². The molecular weight excluding hydrogens is 374 g/mol. The zero-order chi connectivity index (χ0) is 19.7. The smallest absolute Gasteiger partial charge is 0.309 e. The molecular formula is C21H23N3O3S. The molecule has 146 valence electrons. The Morgan fingerprint density at radius 3 is 2.71 bits per heavy atom. The zero-order valence-electron chi connectivity index (χ0n) is 15.8. The molecule has 0 radical (unpaired) electrons. The van der Waals surface area contributed by atoms with Crippen LogP contribution in [0, 0.1) is 5.92 Å². The highest BCUT2D eigenvalue weighted by Crippen LogP contribution is 2.35. The third-order valence-corrected chi connectivity index (χ3v) is 5.91. The van der Waals surface area contributed by atoms with E-state index in [1.54, 1.807) is 6.07 Å². The summed E-state index contributed by atoms with van der Waals surface area (Å²) in [5, 5.41) is 4.00. The lowest BCUT2D eigenvalue weighted by atomic mass is 9.83. The summed E-state index contributed by atoms with van der Waals surface area (Å²) in [6, 6.07) is 13.2. The summed E-state index contributed by atoms with van der Waals surface area (Å²) in [6.07, 6.45) is 1.36. The minimum atomic E-state index is -0.254. The average molecular weight is 398 g/mol. The molecule has 0 spiro atoms. The Morgan fingerprint density at radius 2 is 1.96 bits per heavy atom. The van der Waals surface area contributed by atoms with Gasteiger partial charge >= 0.3 is 5.97 Å². The third kappa shape index (κ3) is 3.80. The molecule has 3 heterocycles. The fourth-order valence-corrected chi connectivity index (χ4v) is 4.48. The maximum atomic E-state index is 12.1. The first-order valence-electron chi connectivity index (χ1n) is 9.45. The predicted molar refractivity (Wildman–Crippen MR) is 112 cm³/mol. The van der Waals surface area contributed by atoms with E-state index in [1.807, 2.05) is 34.9 Å². The van der Waals surface area contributed by atoms with Crippen molar-refractivity contribution in [3.63, 3.8) is 0 Å². The van der Waals surface area contributed by atoms with E-state index >= 15 is 0 Å². The quantitative estimate of drug-likeness (QED) is 0.634. The van der Waals surface area contributed by atoms with Crippen LogP contribution in [0.2, 0.25) is 0 Å². The van der Waals surface area contributed by atoms with Gasteiger partial charge in [0.25, 0.3) is 5.56 Å². The van der Waals surface area contributed by atoms with Crippen molar-refractivity contribution >= 4 is 29.0 Å². The van der Waals surface area contributed by atoms with Gasteiger partial charge in [0.1, 0.15) is 0 Å². The number of likely N-dealkylation sites (tertiary alicyclic amines) is 1. The van der Waals surface area contributed by atoms with Crippen molar-refractivity contribution in [2.75, 3.05) is 25.5 Å². The Labute approximate surface area is 169 Å². The van der Waals surface area contributed by atoms with Crippen LogP contribution in [-0.2, 0) is 22.5 Å². The molecule has 0 saturated carbocycles. The second-order valence-electron chi connectivity index (χ2n) is 7.48. The zero-order valence-corrected chi connectivity index (χ0v) is 16.6. The van der Waals surface area contributed by atoms with Crippen molar-refractivity contribution in [3.05, 3.63) is 64.1 Å². The molecule has 6 nitrogen and oxygen atoms in total. The second-order valence-corrected chi connectivity index (χ2v) is 7.87. The van der Waals surface area contributed by atoms with Gasteiger partial charge in [-0.3, -0.25) is 9.59 Å². The summed E-state index contributed by atoms with van der Waals surface area (Å²) in [7, 11) is 1.39. The first-order chi connectivity index (χ1) is 13.5. The van der Waals surface area contributed by atoms with Crippen LogP contribution in [0.15, 0.2) is 47.3 Å². The molecule has 2 aliphatic rings. The van der Waals surface area contributed by atoms with E-state index in [-0.39, 0.29) is 17.9 Å². The molecule has 2 aliphatic heterocycles. The van der Waals surface area contributed by atoms with E-state index in [0.29, 0.717) is 16.9 Å². The van der Waals surface area contributed by atoms with Gasteiger partial charge in [-0.25, -0.2) is 0 Å². The summed E-state index contributed by atoms with van der Waals surface area (Å²) in [5.74, 6) is 0.493. The molecule has 1 aromatic carbocycles. The number of thiocarbonyl (C=S) groups is 1. The molecule has 2 atom stereocenters. The Balaban J connectivity index is 1.42. The Hall–Kier alpha value is -2.67. The molecule has 0 aliphatic carbocycles. The first kappa shape index (κ1) is 18.7. The van der Waals surface area contributed by atoms with Crippen molar-refractivity contribution < 1.29 is 9.53 Å². The van der Waals surface area contributed by atoms with Crippen molar-refractivity contribution in [1.82, 2.24) is 9.47 Å². The summed E-state index contributed by atoms with van der Waals surface area (Å²) in [4.78, 5) is 25.7. The third-order valence-electron chi connectivity index (χ3n) is 5.55. The van der Waals surface area contributed by atoms with Gasteiger partial charge in [-0.15, -0.1) is 0 Å². The van der Waals surface area contributed by atoms with Gasteiger partial charge in [-0.05, 0) is 48.3 Å². The van der Waals surface area contributed by atoms with Crippen LogP contribution in [0.1, 0.15) is 23.6 Å². The van der Waals surface area contributed by atoms with Crippen LogP contribution < -0.4 is 10.9 Å². The lowest BCUT2D eigenvalue weighted by molar-refractivity contribution is -0.139. The number of anilines is 1. The highest BCUT2D eigenvalue weighted by atomic mass is 32.1. The Bertz CT molecular complexity index is 954. The van der Waals surface area contributed by atoms with Crippen LogP contribution >= 0.6 is 12.2 Å². The van der Waals surface area contributed by atoms with Crippen molar-refractivity contribution in [1.29, 1.82) is 0 Å². The molecule has 1 saturated heterocycles. The number of nitrogens with one attached hydrogen (secondary N) is 1. The standard InChI is InChI=1S/C21H23N3O3S/c1-27-20(26)10-14-5-7-17(8-6-14)22-21(28)23-11-15-9-16(13-23)18-3-2-4-19(25)24(18)12-15/h2-8,15-16H,9-13H2,1H3,(H,22,28)/t15-,16+/m0/s1. The average Bonchev–Trinajstić information content (AvgIpc) is 2.70. The number of carbonyl (C=O) groups excluding carboxylic acids is 1. The van der Waals surface area contributed by atoms with Crippen LogP contribution in [0.5, 0.6) is 0 Å². The van der Waals surface area contributed by atoms with Gasteiger partial charge in [-0.1, -0.05) is 18.2 Å². The highest BCUT2D eigenvalue weighted by molar-refractivity contribution is 7.80. The number of esters is 1. The fourth-order valence-electron chi connectivity index (χ4n) is 4.21. The number of hydrogen-bond donors (Lipinski definition) is 1. The minimum absolute atomic E-state index is 0.0911. The summed E-state index contributed by atoms with van der Waals surface area (Å²) in [5.41, 5.74) is 3.00. The highest BCUT2D eigenvalue weighted by Gasteiger charge is 2.35. The number of methoxy groups -OCH3 is 1. The van der Waals surface area contributed by atoms with Gasteiger partial charge in [-0.2, -0.15) is 0 Å². The number of benzene rings is 1. The van der Waals surface area contributed by atoms with Crippen molar-refractivity contribution in [2.24, 2.45) is 5.92 Å². The largest absolute Gasteiger partial charge is 0.469 e. The van der Waals surface area contributed by atoms with Gasteiger partial charge in [0.2, 0.25) is 0 Å². The first-order valence-corrected chi connectivity index (χ1v) is 9.85. The van der Waals surface area contributed by atoms with Gasteiger partial charge in [0.05, 0.1) is 13.5 Å². The number of carbonyl (C=O) groups is 1. The van der Waals surface area contributed by atoms with Gasteiger partial charge in [0, 0.05) is 43.0 Å². The molecule has 0 unspecified atom stereocenters. The molecule has 2 aromatic rings. The predicted octanol–water partition coefficient (Wildman–Crippen LogP) is 2.38. The molecule has 28 heavy (non-hydrogen) atoms. The maximum Gasteiger partial charge on any atom is 0.309 e. The van der Waals surface area contributed by atoms with E-state index in [4.69, 9.17) is 17.0 Å². The van der Waals surface area contributed by atoms with E-state index < -0.39 is 0 Å². The normalized spacial score (nSPS) is 20.2.